The highest BCUT2D eigenvalue weighted by Crippen LogP contribution is 2.33. The van der Waals surface area contributed by atoms with E-state index in [0.717, 1.165) is 23.5 Å². The van der Waals surface area contributed by atoms with Gasteiger partial charge in [0.2, 0.25) is 0 Å². The molecule has 1 unspecified atom stereocenters. The molecule has 2 heteroatoms. The van der Waals surface area contributed by atoms with Crippen LogP contribution in [-0.2, 0) is 0 Å². The quantitative estimate of drug-likeness (QED) is 0.605. The fourth-order valence-electron chi connectivity index (χ4n) is 2.36. The first-order valence-electron chi connectivity index (χ1n) is 7.11. The lowest BCUT2D eigenvalue weighted by molar-refractivity contribution is 0.235. The SMILES string of the molecule is CC(CCS)CCN(CC1CC1)CC1CC1. The van der Waals surface area contributed by atoms with Crippen LogP contribution in [0, 0.1) is 17.8 Å². The molecule has 16 heavy (non-hydrogen) atoms. The topological polar surface area (TPSA) is 3.24 Å². The summed E-state index contributed by atoms with van der Waals surface area (Å²) in [4.78, 5) is 2.75. The summed E-state index contributed by atoms with van der Waals surface area (Å²) in [5, 5.41) is 0. The Hall–Kier alpha value is 0.310. The van der Waals surface area contributed by atoms with Crippen LogP contribution in [0.3, 0.4) is 0 Å². The molecule has 0 aromatic rings. The normalized spacial score (nSPS) is 22.7. The van der Waals surface area contributed by atoms with Crippen molar-refractivity contribution in [3.8, 4) is 0 Å². The average molecular weight is 241 g/mol. The Balaban J connectivity index is 1.63. The Kier molecular flexibility index (Phi) is 5.02. The van der Waals surface area contributed by atoms with E-state index in [4.69, 9.17) is 0 Å². The first kappa shape index (κ1) is 12.8. The van der Waals surface area contributed by atoms with Crippen molar-refractivity contribution in [2.45, 2.75) is 45.4 Å². The van der Waals surface area contributed by atoms with Crippen LogP contribution in [0.2, 0.25) is 0 Å². The maximum Gasteiger partial charge on any atom is 0.000978 e. The van der Waals surface area contributed by atoms with Crippen molar-refractivity contribution in [1.29, 1.82) is 0 Å². The van der Waals surface area contributed by atoms with Crippen LogP contribution >= 0.6 is 12.6 Å². The third-order valence-electron chi connectivity index (χ3n) is 3.99. The first-order chi connectivity index (χ1) is 7.78. The number of hydrogen-bond acceptors (Lipinski definition) is 2. The third kappa shape index (κ3) is 5.09. The fourth-order valence-corrected chi connectivity index (χ4v) is 2.80. The number of rotatable bonds is 9. The van der Waals surface area contributed by atoms with Gasteiger partial charge < -0.3 is 4.90 Å². The molecule has 2 saturated carbocycles. The molecule has 0 saturated heterocycles. The van der Waals surface area contributed by atoms with E-state index in [1.807, 2.05) is 0 Å². The zero-order valence-electron chi connectivity index (χ0n) is 10.7. The van der Waals surface area contributed by atoms with Gasteiger partial charge in [-0.1, -0.05) is 6.92 Å². The maximum atomic E-state index is 4.32. The fraction of sp³-hybridized carbons (Fsp3) is 1.00. The highest BCUT2D eigenvalue weighted by molar-refractivity contribution is 7.80. The van der Waals surface area contributed by atoms with Crippen LogP contribution < -0.4 is 0 Å². The van der Waals surface area contributed by atoms with Crippen LogP contribution in [0.15, 0.2) is 0 Å². The Morgan fingerprint density at radius 1 is 1.06 bits per heavy atom. The van der Waals surface area contributed by atoms with E-state index in [9.17, 15) is 0 Å². The highest BCUT2D eigenvalue weighted by Gasteiger charge is 2.28. The minimum Gasteiger partial charge on any atom is -0.303 e. The van der Waals surface area contributed by atoms with Gasteiger partial charge in [-0.2, -0.15) is 12.6 Å². The van der Waals surface area contributed by atoms with E-state index in [1.165, 1.54) is 58.2 Å². The van der Waals surface area contributed by atoms with Crippen LogP contribution in [0.1, 0.15) is 45.4 Å². The van der Waals surface area contributed by atoms with E-state index in [-0.39, 0.29) is 0 Å². The molecule has 0 heterocycles. The Morgan fingerprint density at radius 3 is 2.06 bits per heavy atom. The van der Waals surface area contributed by atoms with Gasteiger partial charge in [0, 0.05) is 13.1 Å². The van der Waals surface area contributed by atoms with E-state index < -0.39 is 0 Å². The second kappa shape index (κ2) is 6.30. The lowest BCUT2D eigenvalue weighted by atomic mass is 10.0. The van der Waals surface area contributed by atoms with Crippen LogP contribution in [0.5, 0.6) is 0 Å². The Bertz CT molecular complexity index is 185. The molecule has 0 radical (unpaired) electrons. The van der Waals surface area contributed by atoms with Gasteiger partial charge in [-0.15, -0.1) is 0 Å². The number of thiol groups is 1. The van der Waals surface area contributed by atoms with E-state index in [1.54, 1.807) is 0 Å². The molecule has 0 aliphatic heterocycles. The van der Waals surface area contributed by atoms with Crippen LogP contribution in [0.25, 0.3) is 0 Å². The van der Waals surface area contributed by atoms with Gasteiger partial charge in [-0.05, 0) is 68.6 Å². The average Bonchev–Trinajstić information content (AvgIpc) is 3.09. The molecule has 2 aliphatic carbocycles. The summed E-state index contributed by atoms with van der Waals surface area (Å²) in [6.07, 6.45) is 8.63. The van der Waals surface area contributed by atoms with Crippen molar-refractivity contribution in [2.24, 2.45) is 17.8 Å². The smallest absolute Gasteiger partial charge is 0.000978 e. The van der Waals surface area contributed by atoms with E-state index in [0.29, 0.717) is 0 Å². The maximum absolute atomic E-state index is 4.32. The van der Waals surface area contributed by atoms with Gasteiger partial charge in [0.15, 0.2) is 0 Å². The minimum atomic E-state index is 0.860. The third-order valence-corrected chi connectivity index (χ3v) is 4.24. The van der Waals surface area contributed by atoms with E-state index in [2.05, 4.69) is 24.5 Å². The summed E-state index contributed by atoms with van der Waals surface area (Å²) in [7, 11) is 0. The number of hydrogen-bond donors (Lipinski definition) is 1. The summed E-state index contributed by atoms with van der Waals surface area (Å²) in [6, 6.07) is 0. The van der Waals surface area contributed by atoms with Gasteiger partial charge in [0.25, 0.3) is 0 Å². The van der Waals surface area contributed by atoms with Gasteiger partial charge in [-0.25, -0.2) is 0 Å². The molecule has 2 aliphatic rings. The predicted molar refractivity (Wildman–Crippen MR) is 74.1 cm³/mol. The van der Waals surface area contributed by atoms with Gasteiger partial charge in [0.1, 0.15) is 0 Å². The zero-order chi connectivity index (χ0) is 11.4. The summed E-state index contributed by atoms with van der Waals surface area (Å²) >= 11 is 4.32. The molecule has 0 spiro atoms. The van der Waals surface area contributed by atoms with Crippen molar-refractivity contribution >= 4 is 12.6 Å². The van der Waals surface area contributed by atoms with E-state index >= 15 is 0 Å². The highest BCUT2D eigenvalue weighted by atomic mass is 32.1. The molecule has 94 valence electrons. The second-order valence-corrected chi connectivity index (χ2v) is 6.50. The van der Waals surface area contributed by atoms with Crippen molar-refractivity contribution in [3.63, 3.8) is 0 Å². The second-order valence-electron chi connectivity index (χ2n) is 6.05. The molecule has 2 rings (SSSR count). The lowest BCUT2D eigenvalue weighted by Gasteiger charge is -2.23. The molecule has 1 atom stereocenters. The largest absolute Gasteiger partial charge is 0.303 e. The molecular formula is C14H27NS. The molecule has 2 fully saturated rings. The van der Waals surface area contributed by atoms with Crippen LogP contribution in [-0.4, -0.2) is 30.3 Å². The van der Waals surface area contributed by atoms with Crippen LogP contribution in [0.4, 0.5) is 0 Å². The molecule has 0 N–H and O–H groups in total. The van der Waals surface area contributed by atoms with Gasteiger partial charge >= 0.3 is 0 Å². The van der Waals surface area contributed by atoms with Crippen molar-refractivity contribution in [1.82, 2.24) is 4.90 Å². The Labute approximate surface area is 106 Å². The molecule has 0 amide bonds. The molecule has 0 aromatic heterocycles. The lowest BCUT2D eigenvalue weighted by Crippen LogP contribution is -2.30. The predicted octanol–water partition coefficient (Wildman–Crippen LogP) is 3.45. The summed E-state index contributed by atoms with van der Waals surface area (Å²) in [5.74, 6) is 4.02. The standard InChI is InChI=1S/C14H27NS/c1-12(7-9-16)6-8-15(10-13-2-3-13)11-14-4-5-14/h12-14,16H,2-11H2,1H3. The summed E-state index contributed by atoms with van der Waals surface area (Å²) in [6.45, 7) is 6.50. The summed E-state index contributed by atoms with van der Waals surface area (Å²) < 4.78 is 0. The van der Waals surface area contributed by atoms with Crippen molar-refractivity contribution in [2.75, 3.05) is 25.4 Å². The minimum absolute atomic E-state index is 0.860. The van der Waals surface area contributed by atoms with Crippen molar-refractivity contribution in [3.05, 3.63) is 0 Å². The molecular weight excluding hydrogens is 214 g/mol. The first-order valence-corrected chi connectivity index (χ1v) is 7.74. The van der Waals surface area contributed by atoms with Gasteiger partial charge in [0.05, 0.1) is 0 Å². The monoisotopic (exact) mass is 241 g/mol. The Morgan fingerprint density at radius 2 is 1.62 bits per heavy atom. The zero-order valence-corrected chi connectivity index (χ0v) is 11.6. The molecule has 1 nitrogen and oxygen atoms in total. The summed E-state index contributed by atoms with van der Waals surface area (Å²) in [5.41, 5.74) is 0. The molecule has 0 bridgehead atoms. The number of nitrogens with zero attached hydrogens (tertiary/aromatic N) is 1. The molecule has 0 aromatic carbocycles. The van der Waals surface area contributed by atoms with Crippen molar-refractivity contribution < 1.29 is 0 Å². The van der Waals surface area contributed by atoms with Gasteiger partial charge in [-0.3, -0.25) is 0 Å².